The van der Waals surface area contributed by atoms with Crippen molar-refractivity contribution in [1.82, 2.24) is 9.88 Å². The van der Waals surface area contributed by atoms with E-state index in [4.69, 9.17) is 0 Å². The minimum atomic E-state index is -4.30. The van der Waals surface area contributed by atoms with Crippen LogP contribution in [0.2, 0.25) is 0 Å². The third-order valence-electron chi connectivity index (χ3n) is 6.24. The summed E-state index contributed by atoms with van der Waals surface area (Å²) in [4.78, 5) is 5.82. The highest BCUT2D eigenvalue weighted by molar-refractivity contribution is 5.86. The van der Waals surface area contributed by atoms with Gasteiger partial charge in [0.25, 0.3) is 0 Å². The average molecular weight is 350 g/mol. The Morgan fingerprint density at radius 1 is 1.24 bits per heavy atom. The molecule has 136 valence electrons. The number of halogens is 3. The van der Waals surface area contributed by atoms with Gasteiger partial charge >= 0.3 is 6.18 Å². The maximum atomic E-state index is 13.2. The summed E-state index contributed by atoms with van der Waals surface area (Å²) in [6.45, 7) is 6.56. The lowest BCUT2D eigenvalue weighted by Gasteiger charge is -2.46. The largest absolute Gasteiger partial charge is 0.416 e. The van der Waals surface area contributed by atoms with Gasteiger partial charge in [0.05, 0.1) is 5.56 Å². The zero-order valence-electron chi connectivity index (χ0n) is 15.0. The Morgan fingerprint density at radius 2 is 2.00 bits per heavy atom. The van der Waals surface area contributed by atoms with E-state index in [1.54, 1.807) is 6.07 Å². The van der Waals surface area contributed by atoms with Crippen molar-refractivity contribution in [3.05, 3.63) is 35.0 Å². The minimum absolute atomic E-state index is 0.314. The Labute approximate surface area is 146 Å². The molecular weight excluding hydrogens is 325 g/mol. The minimum Gasteiger partial charge on any atom is -0.358 e. The fraction of sp³-hybridized carbons (Fsp3) is 0.600. The second kappa shape index (κ2) is 5.76. The van der Waals surface area contributed by atoms with E-state index in [0.29, 0.717) is 23.7 Å². The number of alkyl halides is 3. The van der Waals surface area contributed by atoms with Crippen LogP contribution in [-0.2, 0) is 12.6 Å². The van der Waals surface area contributed by atoms with E-state index >= 15 is 0 Å². The van der Waals surface area contributed by atoms with Crippen LogP contribution in [-0.4, -0.2) is 30.0 Å². The molecule has 1 saturated heterocycles. The Morgan fingerprint density at radius 3 is 2.68 bits per heavy atom. The maximum absolute atomic E-state index is 13.2. The Hall–Kier alpha value is -1.49. The summed E-state index contributed by atoms with van der Waals surface area (Å²) in [6.07, 6.45) is -2.16. The molecule has 3 atom stereocenters. The summed E-state index contributed by atoms with van der Waals surface area (Å²) in [5, 5.41) is 0.773. The molecule has 0 radical (unpaired) electrons. The van der Waals surface area contributed by atoms with Gasteiger partial charge in [-0.15, -0.1) is 0 Å². The molecular formula is C20H25F3N2. The van der Waals surface area contributed by atoms with E-state index < -0.39 is 11.7 Å². The SMILES string of the molecule is CC(C)C1c2c([nH]c3ccc(C(F)(F)F)cc23)C[C@@H]2CCN(C)CC12. The molecule has 1 fully saturated rings. The maximum Gasteiger partial charge on any atom is 0.416 e. The fourth-order valence-corrected chi connectivity index (χ4v) is 5.15. The molecule has 0 bridgehead atoms. The number of H-pyrrole nitrogens is 1. The molecule has 0 saturated carbocycles. The predicted octanol–water partition coefficient (Wildman–Crippen LogP) is 5.05. The monoisotopic (exact) mass is 350 g/mol. The van der Waals surface area contributed by atoms with Crippen LogP contribution in [0.5, 0.6) is 0 Å². The summed E-state index contributed by atoms with van der Waals surface area (Å²) in [6, 6.07) is 4.14. The molecule has 1 aromatic heterocycles. The third-order valence-corrected chi connectivity index (χ3v) is 6.24. The van der Waals surface area contributed by atoms with Crippen molar-refractivity contribution in [2.24, 2.45) is 17.8 Å². The molecule has 2 nitrogen and oxygen atoms in total. The van der Waals surface area contributed by atoms with Crippen molar-refractivity contribution in [2.75, 3.05) is 20.1 Å². The molecule has 1 aliphatic carbocycles. The number of piperidine rings is 1. The number of likely N-dealkylation sites (tertiary alicyclic amines) is 1. The van der Waals surface area contributed by atoms with Crippen molar-refractivity contribution in [3.63, 3.8) is 0 Å². The topological polar surface area (TPSA) is 19.0 Å². The molecule has 5 heteroatoms. The number of nitrogens with one attached hydrogen (secondary N) is 1. The zero-order chi connectivity index (χ0) is 17.9. The standard InChI is InChI=1S/C20H25F3N2/c1-11(2)18-15-10-25(3)7-6-12(15)8-17-19(18)14-9-13(20(21,22)23)4-5-16(14)24-17/h4-5,9,11-12,15,18,24H,6-8,10H2,1-3H3/t12-,15?,18?/m0/s1. The lowest BCUT2D eigenvalue weighted by molar-refractivity contribution is -0.137. The second-order valence-electron chi connectivity index (χ2n) is 8.22. The highest BCUT2D eigenvalue weighted by Gasteiger charge is 2.42. The molecule has 1 aromatic carbocycles. The molecule has 25 heavy (non-hydrogen) atoms. The van der Waals surface area contributed by atoms with E-state index in [1.807, 2.05) is 0 Å². The van der Waals surface area contributed by atoms with E-state index in [9.17, 15) is 13.2 Å². The van der Waals surface area contributed by atoms with Crippen LogP contribution in [0.3, 0.4) is 0 Å². The third kappa shape index (κ3) is 2.77. The van der Waals surface area contributed by atoms with Gasteiger partial charge < -0.3 is 9.88 Å². The molecule has 2 heterocycles. The van der Waals surface area contributed by atoms with Gasteiger partial charge in [0.2, 0.25) is 0 Å². The van der Waals surface area contributed by atoms with Crippen LogP contribution < -0.4 is 0 Å². The predicted molar refractivity (Wildman–Crippen MR) is 93.7 cm³/mol. The van der Waals surface area contributed by atoms with Crippen molar-refractivity contribution in [2.45, 2.75) is 38.8 Å². The number of aromatic amines is 1. The zero-order valence-corrected chi connectivity index (χ0v) is 15.0. The van der Waals surface area contributed by atoms with Gasteiger partial charge in [0.1, 0.15) is 0 Å². The number of hydrogen-bond acceptors (Lipinski definition) is 1. The number of fused-ring (bicyclic) bond motifs is 4. The van der Waals surface area contributed by atoms with Crippen molar-refractivity contribution >= 4 is 10.9 Å². The fourth-order valence-electron chi connectivity index (χ4n) is 5.15. The van der Waals surface area contributed by atoms with Crippen LogP contribution in [0.25, 0.3) is 10.9 Å². The number of benzene rings is 1. The lowest BCUT2D eigenvalue weighted by atomic mass is 9.64. The van der Waals surface area contributed by atoms with Crippen LogP contribution in [0, 0.1) is 17.8 Å². The molecule has 1 aliphatic heterocycles. The number of nitrogens with zero attached hydrogens (tertiary/aromatic N) is 1. The Balaban J connectivity index is 1.88. The van der Waals surface area contributed by atoms with Gasteiger partial charge in [-0.1, -0.05) is 13.8 Å². The van der Waals surface area contributed by atoms with E-state index in [0.717, 1.165) is 36.0 Å². The smallest absolute Gasteiger partial charge is 0.358 e. The Bertz CT molecular complexity index is 790. The van der Waals surface area contributed by atoms with Gasteiger partial charge in [0, 0.05) is 23.1 Å². The van der Waals surface area contributed by atoms with Crippen LogP contribution in [0.15, 0.2) is 18.2 Å². The number of aromatic nitrogens is 1. The first-order valence-corrected chi connectivity index (χ1v) is 9.16. The number of rotatable bonds is 1. The van der Waals surface area contributed by atoms with Crippen LogP contribution in [0.4, 0.5) is 13.2 Å². The van der Waals surface area contributed by atoms with E-state index in [-0.39, 0.29) is 0 Å². The van der Waals surface area contributed by atoms with Gasteiger partial charge in [-0.25, -0.2) is 0 Å². The summed E-state index contributed by atoms with van der Waals surface area (Å²) in [5.41, 5.74) is 2.61. The molecule has 0 spiro atoms. The van der Waals surface area contributed by atoms with E-state index in [1.165, 1.54) is 24.2 Å². The quantitative estimate of drug-likeness (QED) is 0.762. The van der Waals surface area contributed by atoms with Gasteiger partial charge in [-0.3, -0.25) is 0 Å². The first-order valence-electron chi connectivity index (χ1n) is 9.16. The van der Waals surface area contributed by atoms with Gasteiger partial charge in [-0.2, -0.15) is 13.2 Å². The summed E-state index contributed by atoms with van der Waals surface area (Å²) in [5.74, 6) is 1.88. The number of hydrogen-bond donors (Lipinski definition) is 1. The molecule has 2 unspecified atom stereocenters. The van der Waals surface area contributed by atoms with E-state index in [2.05, 4.69) is 30.8 Å². The summed E-state index contributed by atoms with van der Waals surface area (Å²) >= 11 is 0. The van der Waals surface area contributed by atoms with Crippen molar-refractivity contribution in [1.29, 1.82) is 0 Å². The molecule has 2 aliphatic rings. The molecule has 0 amide bonds. The molecule has 1 N–H and O–H groups in total. The van der Waals surface area contributed by atoms with Gasteiger partial charge in [-0.05, 0) is 73.9 Å². The van der Waals surface area contributed by atoms with Crippen molar-refractivity contribution in [3.8, 4) is 0 Å². The van der Waals surface area contributed by atoms with Crippen molar-refractivity contribution < 1.29 is 13.2 Å². The molecule has 4 rings (SSSR count). The Kier molecular flexibility index (Phi) is 3.91. The highest BCUT2D eigenvalue weighted by Crippen LogP contribution is 2.49. The van der Waals surface area contributed by atoms with Crippen LogP contribution in [0.1, 0.15) is 43.0 Å². The average Bonchev–Trinajstić information content (AvgIpc) is 2.88. The lowest BCUT2D eigenvalue weighted by Crippen LogP contribution is -2.45. The summed E-state index contributed by atoms with van der Waals surface area (Å²) < 4.78 is 39.6. The first kappa shape index (κ1) is 17.0. The molecule has 2 aromatic rings. The van der Waals surface area contributed by atoms with Gasteiger partial charge in [0.15, 0.2) is 0 Å². The first-order chi connectivity index (χ1) is 11.8. The van der Waals surface area contributed by atoms with Crippen LogP contribution >= 0.6 is 0 Å². The second-order valence-corrected chi connectivity index (χ2v) is 8.22. The summed E-state index contributed by atoms with van der Waals surface area (Å²) in [7, 11) is 2.15. The highest BCUT2D eigenvalue weighted by atomic mass is 19.4. The normalized spacial score (nSPS) is 27.6.